The van der Waals surface area contributed by atoms with E-state index in [-0.39, 0.29) is 0 Å². The van der Waals surface area contributed by atoms with E-state index in [1.54, 1.807) is 0 Å². The summed E-state index contributed by atoms with van der Waals surface area (Å²) in [7, 11) is 0. The molecule has 1 rings (SSSR count). The van der Waals surface area contributed by atoms with Crippen molar-refractivity contribution < 1.29 is 0 Å². The monoisotopic (exact) mass is 113 g/mol. The molecule has 0 saturated carbocycles. The van der Waals surface area contributed by atoms with Crippen LogP contribution in [0.5, 0.6) is 0 Å². The zero-order valence-corrected chi connectivity index (χ0v) is 5.78. The second-order valence-corrected chi connectivity index (χ2v) is 2.82. The summed E-state index contributed by atoms with van der Waals surface area (Å²) in [6.07, 6.45) is 2.73. The maximum absolute atomic E-state index is 3.42. The maximum Gasteiger partial charge on any atom is 0.00419 e. The lowest BCUT2D eigenvalue weighted by atomic mass is 10.0. The summed E-state index contributed by atoms with van der Waals surface area (Å²) in [5, 5.41) is 3.42. The van der Waals surface area contributed by atoms with Crippen LogP contribution in [0.15, 0.2) is 0 Å². The Morgan fingerprint density at radius 1 is 1.62 bits per heavy atom. The van der Waals surface area contributed by atoms with Crippen LogP contribution in [0.1, 0.15) is 26.7 Å². The number of hydrogen-bond donors (Lipinski definition) is 1. The molecule has 1 N–H and O–H groups in total. The van der Waals surface area contributed by atoms with Gasteiger partial charge in [0.2, 0.25) is 0 Å². The fourth-order valence-electron chi connectivity index (χ4n) is 1.35. The second kappa shape index (κ2) is 2.49. The van der Waals surface area contributed by atoms with Gasteiger partial charge in [-0.05, 0) is 25.8 Å². The average Bonchev–Trinajstić information content (AvgIpc) is 2.14. The standard InChI is InChI=1S/C7H15N/c1-3-7-4-6(2)8-5-7/h6-8H,3-5H2,1-2H3/t6?,7-/m0/s1. The molecule has 0 aliphatic carbocycles. The Bertz CT molecular complexity index is 70.8. The first-order valence-corrected chi connectivity index (χ1v) is 3.56. The van der Waals surface area contributed by atoms with Crippen LogP contribution in [0.3, 0.4) is 0 Å². The molecule has 0 amide bonds. The SMILES string of the molecule is CC[C@@H]1CNC(C)C1. The smallest absolute Gasteiger partial charge is 0.00419 e. The minimum absolute atomic E-state index is 0.778. The van der Waals surface area contributed by atoms with Gasteiger partial charge in [-0.15, -0.1) is 0 Å². The third kappa shape index (κ3) is 1.22. The Balaban J connectivity index is 2.22. The van der Waals surface area contributed by atoms with Crippen molar-refractivity contribution in [1.29, 1.82) is 0 Å². The van der Waals surface area contributed by atoms with E-state index in [0.717, 1.165) is 12.0 Å². The molecule has 0 aromatic rings. The minimum Gasteiger partial charge on any atom is -0.314 e. The molecule has 0 aromatic heterocycles. The topological polar surface area (TPSA) is 12.0 Å². The van der Waals surface area contributed by atoms with Gasteiger partial charge in [0.1, 0.15) is 0 Å². The van der Waals surface area contributed by atoms with Crippen LogP contribution in [0.25, 0.3) is 0 Å². The second-order valence-electron chi connectivity index (χ2n) is 2.82. The van der Waals surface area contributed by atoms with Crippen LogP contribution in [-0.4, -0.2) is 12.6 Å². The van der Waals surface area contributed by atoms with Crippen LogP contribution in [0, 0.1) is 5.92 Å². The van der Waals surface area contributed by atoms with Gasteiger partial charge in [-0.1, -0.05) is 13.3 Å². The summed E-state index contributed by atoms with van der Waals surface area (Å²) in [5.74, 6) is 0.963. The highest BCUT2D eigenvalue weighted by Gasteiger charge is 2.17. The predicted molar refractivity (Wildman–Crippen MR) is 35.9 cm³/mol. The summed E-state index contributed by atoms with van der Waals surface area (Å²) < 4.78 is 0. The van der Waals surface area contributed by atoms with Gasteiger partial charge in [0.25, 0.3) is 0 Å². The molecule has 1 unspecified atom stereocenters. The normalized spacial score (nSPS) is 38.2. The molecule has 2 atom stereocenters. The van der Waals surface area contributed by atoms with Crippen molar-refractivity contribution in [3.63, 3.8) is 0 Å². The zero-order chi connectivity index (χ0) is 5.98. The molecule has 48 valence electrons. The fraction of sp³-hybridized carbons (Fsp3) is 1.00. The summed E-state index contributed by atoms with van der Waals surface area (Å²) in [6, 6.07) is 0.778. The van der Waals surface area contributed by atoms with Gasteiger partial charge in [-0.2, -0.15) is 0 Å². The van der Waals surface area contributed by atoms with E-state index in [1.807, 2.05) is 0 Å². The van der Waals surface area contributed by atoms with Crippen molar-refractivity contribution in [3.05, 3.63) is 0 Å². The van der Waals surface area contributed by atoms with Gasteiger partial charge in [0.05, 0.1) is 0 Å². The summed E-state index contributed by atoms with van der Waals surface area (Å²) in [6.45, 7) is 5.78. The molecular weight excluding hydrogens is 98.1 g/mol. The largest absolute Gasteiger partial charge is 0.314 e. The van der Waals surface area contributed by atoms with Crippen molar-refractivity contribution in [2.45, 2.75) is 32.7 Å². The van der Waals surface area contributed by atoms with E-state index in [1.165, 1.54) is 19.4 Å². The van der Waals surface area contributed by atoms with Gasteiger partial charge < -0.3 is 5.32 Å². The number of hydrogen-bond acceptors (Lipinski definition) is 1. The van der Waals surface area contributed by atoms with Gasteiger partial charge in [0, 0.05) is 6.04 Å². The number of nitrogens with one attached hydrogen (secondary N) is 1. The van der Waals surface area contributed by atoms with E-state index in [2.05, 4.69) is 19.2 Å². The minimum atomic E-state index is 0.778. The molecule has 1 heterocycles. The third-order valence-corrected chi connectivity index (χ3v) is 2.02. The van der Waals surface area contributed by atoms with Crippen LogP contribution in [0.2, 0.25) is 0 Å². The van der Waals surface area contributed by atoms with E-state index in [0.29, 0.717) is 0 Å². The first-order chi connectivity index (χ1) is 3.83. The molecular formula is C7H15N. The molecule has 1 fully saturated rings. The zero-order valence-electron chi connectivity index (χ0n) is 5.78. The number of rotatable bonds is 1. The van der Waals surface area contributed by atoms with Crippen LogP contribution in [-0.2, 0) is 0 Å². The van der Waals surface area contributed by atoms with Gasteiger partial charge in [0.15, 0.2) is 0 Å². The highest BCUT2D eigenvalue weighted by Crippen LogP contribution is 2.15. The quantitative estimate of drug-likeness (QED) is 0.542. The van der Waals surface area contributed by atoms with E-state index in [9.17, 15) is 0 Å². The first kappa shape index (κ1) is 6.09. The fourth-order valence-corrected chi connectivity index (χ4v) is 1.35. The molecule has 0 bridgehead atoms. The Morgan fingerprint density at radius 3 is 2.62 bits per heavy atom. The molecule has 1 nitrogen and oxygen atoms in total. The van der Waals surface area contributed by atoms with E-state index >= 15 is 0 Å². The van der Waals surface area contributed by atoms with Crippen molar-refractivity contribution in [3.8, 4) is 0 Å². The predicted octanol–water partition coefficient (Wildman–Crippen LogP) is 1.39. The Hall–Kier alpha value is -0.0400. The molecule has 1 aliphatic heterocycles. The van der Waals surface area contributed by atoms with Crippen molar-refractivity contribution in [2.24, 2.45) is 5.92 Å². The van der Waals surface area contributed by atoms with Crippen molar-refractivity contribution in [2.75, 3.05) is 6.54 Å². The van der Waals surface area contributed by atoms with E-state index in [4.69, 9.17) is 0 Å². The molecule has 0 aromatic carbocycles. The Kier molecular flexibility index (Phi) is 1.90. The Labute approximate surface area is 51.5 Å². The third-order valence-electron chi connectivity index (χ3n) is 2.02. The van der Waals surface area contributed by atoms with Gasteiger partial charge in [-0.25, -0.2) is 0 Å². The molecule has 0 radical (unpaired) electrons. The lowest BCUT2D eigenvalue weighted by Crippen LogP contribution is -2.16. The van der Waals surface area contributed by atoms with Gasteiger partial charge >= 0.3 is 0 Å². The van der Waals surface area contributed by atoms with Crippen molar-refractivity contribution >= 4 is 0 Å². The Morgan fingerprint density at radius 2 is 2.38 bits per heavy atom. The lowest BCUT2D eigenvalue weighted by Gasteiger charge is -2.00. The maximum atomic E-state index is 3.42. The lowest BCUT2D eigenvalue weighted by molar-refractivity contribution is 0.549. The summed E-state index contributed by atoms with van der Waals surface area (Å²) in [4.78, 5) is 0. The van der Waals surface area contributed by atoms with Crippen LogP contribution >= 0.6 is 0 Å². The van der Waals surface area contributed by atoms with Crippen LogP contribution in [0.4, 0.5) is 0 Å². The molecule has 1 aliphatic rings. The molecule has 8 heavy (non-hydrogen) atoms. The van der Waals surface area contributed by atoms with Crippen molar-refractivity contribution in [1.82, 2.24) is 5.32 Å². The summed E-state index contributed by atoms with van der Waals surface area (Å²) in [5.41, 5.74) is 0. The molecule has 1 saturated heterocycles. The van der Waals surface area contributed by atoms with E-state index < -0.39 is 0 Å². The highest BCUT2D eigenvalue weighted by molar-refractivity contribution is 4.76. The van der Waals surface area contributed by atoms with Gasteiger partial charge in [-0.3, -0.25) is 0 Å². The molecule has 1 heteroatoms. The molecule has 0 spiro atoms. The average molecular weight is 113 g/mol. The highest BCUT2D eigenvalue weighted by atomic mass is 14.9. The summed E-state index contributed by atoms with van der Waals surface area (Å²) >= 11 is 0. The van der Waals surface area contributed by atoms with Crippen LogP contribution < -0.4 is 5.32 Å². The first-order valence-electron chi connectivity index (χ1n) is 3.56.